The van der Waals surface area contributed by atoms with Crippen LogP contribution in [0.25, 0.3) is 0 Å². The Balaban J connectivity index is 0.000000162. The molecule has 1 saturated heterocycles. The van der Waals surface area contributed by atoms with Gasteiger partial charge in [0, 0.05) is 0 Å². The lowest BCUT2D eigenvalue weighted by Gasteiger charge is -1.91. The second kappa shape index (κ2) is 4.90. The lowest BCUT2D eigenvalue weighted by molar-refractivity contribution is -0.112. The summed E-state index contributed by atoms with van der Waals surface area (Å²) < 4.78 is 0. The van der Waals surface area contributed by atoms with Gasteiger partial charge in [0.1, 0.15) is 0 Å². The van der Waals surface area contributed by atoms with Gasteiger partial charge in [-0.25, -0.2) is 0 Å². The SMILES string of the molecule is C1CCNC1.O=C1Nc2ccccc2C1=O. The van der Waals surface area contributed by atoms with Crippen molar-refractivity contribution in [3.05, 3.63) is 29.8 Å². The molecule has 1 amide bonds. The first-order valence-corrected chi connectivity index (χ1v) is 5.44. The standard InChI is InChI=1S/C8H5NO2.C4H9N/c10-7-5-3-1-2-4-6(5)9-8(7)11;1-2-4-5-3-1/h1-4H,(H,9,10,11);5H,1-4H2. The highest BCUT2D eigenvalue weighted by atomic mass is 16.2. The van der Waals surface area contributed by atoms with Gasteiger partial charge in [-0.15, -0.1) is 0 Å². The molecule has 3 rings (SSSR count). The molecule has 0 atom stereocenters. The van der Waals surface area contributed by atoms with Crippen molar-refractivity contribution in [1.82, 2.24) is 5.32 Å². The van der Waals surface area contributed by atoms with Crippen LogP contribution in [0.5, 0.6) is 0 Å². The molecular weight excluding hydrogens is 204 g/mol. The van der Waals surface area contributed by atoms with E-state index >= 15 is 0 Å². The van der Waals surface area contributed by atoms with Gasteiger partial charge >= 0.3 is 0 Å². The molecule has 1 fully saturated rings. The van der Waals surface area contributed by atoms with Crippen molar-refractivity contribution >= 4 is 17.4 Å². The highest BCUT2D eigenvalue weighted by molar-refractivity contribution is 6.51. The smallest absolute Gasteiger partial charge is 0.296 e. The van der Waals surface area contributed by atoms with Crippen LogP contribution in [0.1, 0.15) is 23.2 Å². The molecule has 0 saturated carbocycles. The van der Waals surface area contributed by atoms with E-state index in [9.17, 15) is 9.59 Å². The average Bonchev–Trinajstić information content (AvgIpc) is 2.93. The first-order valence-electron chi connectivity index (χ1n) is 5.44. The largest absolute Gasteiger partial charge is 0.318 e. The molecule has 16 heavy (non-hydrogen) atoms. The quantitative estimate of drug-likeness (QED) is 0.643. The Kier molecular flexibility index (Phi) is 3.31. The third-order valence-corrected chi connectivity index (χ3v) is 2.58. The summed E-state index contributed by atoms with van der Waals surface area (Å²) in [6, 6.07) is 6.85. The van der Waals surface area contributed by atoms with Gasteiger partial charge in [0.15, 0.2) is 0 Å². The molecule has 0 aliphatic carbocycles. The van der Waals surface area contributed by atoms with E-state index in [0.29, 0.717) is 11.3 Å². The van der Waals surface area contributed by atoms with Crippen LogP contribution >= 0.6 is 0 Å². The van der Waals surface area contributed by atoms with Crippen molar-refractivity contribution < 1.29 is 9.59 Å². The molecule has 84 valence electrons. The molecule has 2 aliphatic heterocycles. The molecule has 2 N–H and O–H groups in total. The Hall–Kier alpha value is -1.68. The zero-order chi connectivity index (χ0) is 11.4. The predicted octanol–water partition coefficient (Wildman–Crippen LogP) is 1.19. The maximum atomic E-state index is 11.0. The Labute approximate surface area is 94.0 Å². The Bertz CT molecular complexity index is 404. The first kappa shape index (κ1) is 10.8. The molecule has 0 radical (unpaired) electrons. The molecule has 4 nitrogen and oxygen atoms in total. The van der Waals surface area contributed by atoms with E-state index in [1.807, 2.05) is 0 Å². The summed E-state index contributed by atoms with van der Waals surface area (Å²) in [6.07, 6.45) is 2.78. The molecule has 0 unspecified atom stereocenters. The molecule has 1 aromatic rings. The summed E-state index contributed by atoms with van der Waals surface area (Å²) in [5, 5.41) is 5.68. The van der Waals surface area contributed by atoms with Crippen molar-refractivity contribution in [3.63, 3.8) is 0 Å². The number of ketones is 1. The normalized spacial score (nSPS) is 17.5. The number of anilines is 1. The monoisotopic (exact) mass is 218 g/mol. The summed E-state index contributed by atoms with van der Waals surface area (Å²) >= 11 is 0. The van der Waals surface area contributed by atoms with Gasteiger partial charge < -0.3 is 10.6 Å². The highest BCUT2D eigenvalue weighted by Crippen LogP contribution is 2.21. The van der Waals surface area contributed by atoms with Crippen LogP contribution in [-0.4, -0.2) is 24.8 Å². The molecule has 2 heterocycles. The number of Topliss-reactive ketones (excluding diaryl/α,β-unsaturated/α-hetero) is 1. The summed E-state index contributed by atoms with van der Waals surface area (Å²) in [5.41, 5.74) is 1.08. The van der Waals surface area contributed by atoms with Crippen LogP contribution in [0.4, 0.5) is 5.69 Å². The number of para-hydroxylation sites is 1. The summed E-state index contributed by atoms with van der Waals surface area (Å²) in [6.45, 7) is 2.50. The Morgan fingerprint density at radius 1 is 1.00 bits per heavy atom. The molecule has 2 aliphatic rings. The molecular formula is C12H14N2O2. The van der Waals surface area contributed by atoms with E-state index < -0.39 is 11.7 Å². The predicted molar refractivity (Wildman–Crippen MR) is 61.5 cm³/mol. The second-order valence-electron chi connectivity index (χ2n) is 3.79. The average molecular weight is 218 g/mol. The van der Waals surface area contributed by atoms with Crippen LogP contribution in [0.15, 0.2) is 24.3 Å². The first-order chi connectivity index (χ1) is 7.79. The Morgan fingerprint density at radius 3 is 2.25 bits per heavy atom. The maximum absolute atomic E-state index is 11.0. The number of benzene rings is 1. The van der Waals surface area contributed by atoms with Crippen molar-refractivity contribution in [2.24, 2.45) is 0 Å². The maximum Gasteiger partial charge on any atom is 0.296 e. The van der Waals surface area contributed by atoms with E-state index in [4.69, 9.17) is 0 Å². The van der Waals surface area contributed by atoms with E-state index in [-0.39, 0.29) is 0 Å². The number of hydrogen-bond donors (Lipinski definition) is 2. The third kappa shape index (κ3) is 2.28. The fourth-order valence-corrected chi connectivity index (χ4v) is 1.72. The minimum absolute atomic E-state index is 0.444. The van der Waals surface area contributed by atoms with Crippen molar-refractivity contribution in [3.8, 4) is 0 Å². The minimum Gasteiger partial charge on any atom is -0.318 e. The topological polar surface area (TPSA) is 58.2 Å². The van der Waals surface area contributed by atoms with E-state index in [1.165, 1.54) is 25.9 Å². The van der Waals surface area contributed by atoms with Crippen molar-refractivity contribution in [1.29, 1.82) is 0 Å². The van der Waals surface area contributed by atoms with Gasteiger partial charge in [-0.1, -0.05) is 12.1 Å². The molecule has 0 aromatic heterocycles. The van der Waals surface area contributed by atoms with Crippen LogP contribution in [0, 0.1) is 0 Å². The number of amides is 1. The highest BCUT2D eigenvalue weighted by Gasteiger charge is 2.26. The van der Waals surface area contributed by atoms with Gasteiger partial charge in [-0.3, -0.25) is 9.59 Å². The van der Waals surface area contributed by atoms with Crippen LogP contribution in [-0.2, 0) is 4.79 Å². The van der Waals surface area contributed by atoms with E-state index in [1.54, 1.807) is 24.3 Å². The summed E-state index contributed by atoms with van der Waals surface area (Å²) in [7, 11) is 0. The number of hydrogen-bond acceptors (Lipinski definition) is 3. The van der Waals surface area contributed by atoms with Gasteiger partial charge in [-0.05, 0) is 38.1 Å². The van der Waals surface area contributed by atoms with Gasteiger partial charge in [0.2, 0.25) is 0 Å². The number of rotatable bonds is 0. The fraction of sp³-hybridized carbons (Fsp3) is 0.333. The van der Waals surface area contributed by atoms with Crippen LogP contribution < -0.4 is 10.6 Å². The minimum atomic E-state index is -0.536. The van der Waals surface area contributed by atoms with Gasteiger partial charge in [0.25, 0.3) is 11.7 Å². The number of carbonyl (C=O) groups excluding carboxylic acids is 2. The molecule has 0 bridgehead atoms. The third-order valence-electron chi connectivity index (χ3n) is 2.58. The molecule has 1 aromatic carbocycles. The van der Waals surface area contributed by atoms with Crippen molar-refractivity contribution in [2.75, 3.05) is 18.4 Å². The lowest BCUT2D eigenvalue weighted by Crippen LogP contribution is -2.12. The van der Waals surface area contributed by atoms with Crippen molar-refractivity contribution in [2.45, 2.75) is 12.8 Å². The number of fused-ring (bicyclic) bond motifs is 1. The zero-order valence-electron chi connectivity index (χ0n) is 8.95. The van der Waals surface area contributed by atoms with E-state index in [2.05, 4.69) is 10.6 Å². The zero-order valence-corrected chi connectivity index (χ0v) is 8.95. The summed E-state index contributed by atoms with van der Waals surface area (Å²) in [4.78, 5) is 21.8. The van der Waals surface area contributed by atoms with Gasteiger partial charge in [0.05, 0.1) is 11.3 Å². The van der Waals surface area contributed by atoms with Crippen LogP contribution in [0.3, 0.4) is 0 Å². The fourth-order valence-electron chi connectivity index (χ4n) is 1.72. The van der Waals surface area contributed by atoms with Crippen LogP contribution in [0.2, 0.25) is 0 Å². The Morgan fingerprint density at radius 2 is 1.69 bits per heavy atom. The molecule has 4 heteroatoms. The second-order valence-corrected chi connectivity index (χ2v) is 3.79. The lowest BCUT2D eigenvalue weighted by atomic mass is 10.1. The molecule has 0 spiro atoms. The van der Waals surface area contributed by atoms with Gasteiger partial charge in [-0.2, -0.15) is 0 Å². The van der Waals surface area contributed by atoms with E-state index in [0.717, 1.165) is 0 Å². The summed E-state index contributed by atoms with van der Waals surface area (Å²) in [5.74, 6) is -0.980. The number of carbonyl (C=O) groups is 2. The number of nitrogens with one attached hydrogen (secondary N) is 2.